The summed E-state index contributed by atoms with van der Waals surface area (Å²) in [5, 5.41) is 2.88. The van der Waals surface area contributed by atoms with Crippen LogP contribution in [0.25, 0.3) is 0 Å². The highest BCUT2D eigenvalue weighted by Gasteiger charge is 2.20. The van der Waals surface area contributed by atoms with Gasteiger partial charge < -0.3 is 5.32 Å². The molecule has 19 heavy (non-hydrogen) atoms. The predicted molar refractivity (Wildman–Crippen MR) is 73.9 cm³/mol. The van der Waals surface area contributed by atoms with E-state index in [0.717, 1.165) is 0 Å². The van der Waals surface area contributed by atoms with Crippen molar-refractivity contribution < 1.29 is 12.8 Å². The second kappa shape index (κ2) is 6.45. The maximum Gasteiger partial charge on any atom is 0.240 e. The molecule has 6 heteroatoms. The first kappa shape index (κ1) is 16.1. The third kappa shape index (κ3) is 4.26. The molecule has 0 unspecified atom stereocenters. The van der Waals surface area contributed by atoms with Crippen LogP contribution in [-0.2, 0) is 16.6 Å². The highest BCUT2D eigenvalue weighted by Crippen LogP contribution is 2.20. The molecule has 1 aromatic rings. The maximum atomic E-state index is 13.8. The van der Waals surface area contributed by atoms with Crippen molar-refractivity contribution in [3.8, 4) is 0 Å². The van der Waals surface area contributed by atoms with Crippen molar-refractivity contribution in [1.29, 1.82) is 0 Å². The Kier molecular flexibility index (Phi) is 5.46. The molecular weight excluding hydrogens is 267 g/mol. The van der Waals surface area contributed by atoms with E-state index in [1.54, 1.807) is 7.05 Å². The second-order valence-corrected chi connectivity index (χ2v) is 6.71. The van der Waals surface area contributed by atoms with Gasteiger partial charge in [-0.2, -0.15) is 0 Å². The van der Waals surface area contributed by atoms with Gasteiger partial charge in [-0.1, -0.05) is 13.8 Å². The highest BCUT2D eigenvalue weighted by atomic mass is 32.2. The molecule has 2 N–H and O–H groups in total. The van der Waals surface area contributed by atoms with Crippen LogP contribution in [0.1, 0.15) is 25.0 Å². The van der Waals surface area contributed by atoms with Gasteiger partial charge in [-0.15, -0.1) is 0 Å². The molecule has 0 fully saturated rings. The van der Waals surface area contributed by atoms with Gasteiger partial charge in [0, 0.05) is 18.7 Å². The predicted octanol–water partition coefficient (Wildman–Crippen LogP) is 1.79. The van der Waals surface area contributed by atoms with Crippen LogP contribution >= 0.6 is 0 Å². The summed E-state index contributed by atoms with van der Waals surface area (Å²) in [4.78, 5) is 0.0124. The Labute approximate surface area is 114 Å². The van der Waals surface area contributed by atoms with Crippen molar-refractivity contribution in [1.82, 2.24) is 10.0 Å². The largest absolute Gasteiger partial charge is 0.316 e. The molecular formula is C13H21FN2O2S. The van der Waals surface area contributed by atoms with Crippen molar-refractivity contribution in [2.45, 2.75) is 32.2 Å². The van der Waals surface area contributed by atoms with Crippen molar-refractivity contribution >= 4 is 10.0 Å². The Hall–Kier alpha value is -0.980. The van der Waals surface area contributed by atoms with Gasteiger partial charge >= 0.3 is 0 Å². The average Bonchev–Trinajstić information content (AvgIpc) is 2.31. The van der Waals surface area contributed by atoms with Crippen LogP contribution in [0.3, 0.4) is 0 Å². The number of halogens is 1. The Bertz CT molecular complexity index is 542. The Morgan fingerprint density at radius 2 is 1.95 bits per heavy atom. The zero-order valence-electron chi connectivity index (χ0n) is 11.7. The first-order chi connectivity index (χ1) is 8.77. The van der Waals surface area contributed by atoms with E-state index in [2.05, 4.69) is 10.0 Å². The summed E-state index contributed by atoms with van der Waals surface area (Å²) in [6.45, 7) is 6.05. The molecule has 0 aromatic heterocycles. The Morgan fingerprint density at radius 3 is 2.47 bits per heavy atom. The summed E-state index contributed by atoms with van der Waals surface area (Å²) in [6.07, 6.45) is 0. The SMILES string of the molecule is CNCc1cc(F)c(C)c(S(=O)(=O)NCC(C)C)c1. The van der Waals surface area contributed by atoms with E-state index in [0.29, 0.717) is 18.7 Å². The fourth-order valence-corrected chi connectivity index (χ4v) is 3.16. The number of nitrogens with one attached hydrogen (secondary N) is 2. The second-order valence-electron chi connectivity index (χ2n) is 4.98. The van der Waals surface area contributed by atoms with E-state index in [1.165, 1.54) is 19.1 Å². The van der Waals surface area contributed by atoms with Crippen LogP contribution in [0.5, 0.6) is 0 Å². The number of sulfonamides is 1. The summed E-state index contributed by atoms with van der Waals surface area (Å²) < 4.78 is 40.6. The summed E-state index contributed by atoms with van der Waals surface area (Å²) >= 11 is 0. The summed E-state index contributed by atoms with van der Waals surface area (Å²) in [5.74, 6) is -0.307. The molecule has 0 heterocycles. The van der Waals surface area contributed by atoms with Crippen LogP contribution in [-0.4, -0.2) is 22.0 Å². The number of rotatable bonds is 6. The quantitative estimate of drug-likeness (QED) is 0.839. The fourth-order valence-electron chi connectivity index (χ4n) is 1.65. The number of hydrogen-bond acceptors (Lipinski definition) is 3. The van der Waals surface area contributed by atoms with Gasteiger partial charge in [-0.05, 0) is 37.6 Å². The molecule has 4 nitrogen and oxygen atoms in total. The molecule has 0 bridgehead atoms. The minimum Gasteiger partial charge on any atom is -0.316 e. The third-order valence-corrected chi connectivity index (χ3v) is 4.26. The molecule has 1 rings (SSSR count). The van der Waals surface area contributed by atoms with Crippen molar-refractivity contribution in [3.63, 3.8) is 0 Å². The van der Waals surface area contributed by atoms with E-state index >= 15 is 0 Å². The first-order valence-electron chi connectivity index (χ1n) is 6.21. The van der Waals surface area contributed by atoms with Crippen molar-refractivity contribution in [3.05, 3.63) is 29.1 Å². The molecule has 0 radical (unpaired) electrons. The van der Waals surface area contributed by atoms with Crippen molar-refractivity contribution in [2.24, 2.45) is 5.92 Å². The zero-order valence-corrected chi connectivity index (χ0v) is 12.6. The molecule has 0 aliphatic carbocycles. The molecule has 108 valence electrons. The van der Waals surface area contributed by atoms with Gasteiger partial charge in [-0.25, -0.2) is 17.5 Å². The maximum absolute atomic E-state index is 13.8. The lowest BCUT2D eigenvalue weighted by Crippen LogP contribution is -2.28. The lowest BCUT2D eigenvalue weighted by molar-refractivity contribution is 0.555. The van der Waals surface area contributed by atoms with E-state index in [-0.39, 0.29) is 16.4 Å². The molecule has 0 saturated carbocycles. The molecule has 0 saturated heterocycles. The van der Waals surface area contributed by atoms with Gasteiger partial charge in [0.25, 0.3) is 0 Å². The topological polar surface area (TPSA) is 58.2 Å². The van der Waals surface area contributed by atoms with E-state index < -0.39 is 15.8 Å². The normalized spacial score (nSPS) is 12.1. The molecule has 0 aliphatic heterocycles. The van der Waals surface area contributed by atoms with E-state index in [1.807, 2.05) is 13.8 Å². The summed E-state index contributed by atoms with van der Waals surface area (Å²) in [7, 11) is -1.94. The van der Waals surface area contributed by atoms with Gasteiger partial charge in [0.15, 0.2) is 0 Å². The number of benzene rings is 1. The lowest BCUT2D eigenvalue weighted by Gasteiger charge is -2.13. The summed E-state index contributed by atoms with van der Waals surface area (Å²) in [6, 6.07) is 2.87. The molecule has 0 spiro atoms. The van der Waals surface area contributed by atoms with Crippen LogP contribution in [0, 0.1) is 18.7 Å². The van der Waals surface area contributed by atoms with Crippen molar-refractivity contribution in [2.75, 3.05) is 13.6 Å². The average molecular weight is 288 g/mol. The van der Waals surface area contributed by atoms with Crippen LogP contribution in [0.2, 0.25) is 0 Å². The molecule has 0 aliphatic rings. The lowest BCUT2D eigenvalue weighted by atomic mass is 10.1. The monoisotopic (exact) mass is 288 g/mol. The Balaban J connectivity index is 3.17. The van der Waals surface area contributed by atoms with Gasteiger partial charge in [0.05, 0.1) is 4.90 Å². The highest BCUT2D eigenvalue weighted by molar-refractivity contribution is 7.89. The molecule has 0 atom stereocenters. The first-order valence-corrected chi connectivity index (χ1v) is 7.69. The molecule has 0 amide bonds. The Morgan fingerprint density at radius 1 is 1.32 bits per heavy atom. The van der Waals surface area contributed by atoms with Crippen LogP contribution in [0.4, 0.5) is 4.39 Å². The fraction of sp³-hybridized carbons (Fsp3) is 0.538. The molecule has 1 aromatic carbocycles. The zero-order chi connectivity index (χ0) is 14.6. The summed E-state index contributed by atoms with van der Waals surface area (Å²) in [5.41, 5.74) is 0.756. The van der Waals surface area contributed by atoms with E-state index in [4.69, 9.17) is 0 Å². The minimum atomic E-state index is -3.67. The van der Waals surface area contributed by atoms with Crippen LogP contribution in [0.15, 0.2) is 17.0 Å². The standard InChI is InChI=1S/C13H21FN2O2S/c1-9(2)7-16-19(17,18)13-6-11(8-15-4)5-12(14)10(13)3/h5-6,9,15-16H,7-8H2,1-4H3. The minimum absolute atomic E-state index is 0.0124. The third-order valence-electron chi connectivity index (χ3n) is 2.71. The van der Waals surface area contributed by atoms with Gasteiger partial charge in [0.1, 0.15) is 5.82 Å². The van der Waals surface area contributed by atoms with Gasteiger partial charge in [-0.3, -0.25) is 0 Å². The van der Waals surface area contributed by atoms with Gasteiger partial charge in [0.2, 0.25) is 10.0 Å². The van der Waals surface area contributed by atoms with E-state index in [9.17, 15) is 12.8 Å². The number of hydrogen-bond donors (Lipinski definition) is 2. The van der Waals surface area contributed by atoms with Crippen LogP contribution < -0.4 is 10.0 Å². The smallest absolute Gasteiger partial charge is 0.240 e.